The maximum absolute atomic E-state index is 3.64. The smallest absolute Gasteiger partial charge is 0.0680 e. The molecule has 1 heterocycles. The number of benzene rings is 1. The van der Waals surface area contributed by atoms with Gasteiger partial charge in [0.15, 0.2) is 0 Å². The van der Waals surface area contributed by atoms with Crippen molar-refractivity contribution in [1.29, 1.82) is 0 Å². The van der Waals surface area contributed by atoms with E-state index in [4.69, 9.17) is 0 Å². The van der Waals surface area contributed by atoms with E-state index in [-0.39, 0.29) is 6.04 Å². The first-order chi connectivity index (χ1) is 8.11. The molecule has 90 valence electrons. The first-order valence-electron chi connectivity index (χ1n) is 5.30. The van der Waals surface area contributed by atoms with Gasteiger partial charge in [0.25, 0.3) is 0 Å². The molecule has 1 atom stereocenters. The van der Waals surface area contributed by atoms with Crippen molar-refractivity contribution in [1.82, 2.24) is 5.32 Å². The zero-order chi connectivity index (χ0) is 12.4. The summed E-state index contributed by atoms with van der Waals surface area (Å²) in [6.45, 7) is 2.14. The Morgan fingerprint density at radius 3 is 2.41 bits per heavy atom. The monoisotopic (exact) mass is 421 g/mol. The second kappa shape index (κ2) is 5.82. The van der Waals surface area contributed by atoms with E-state index >= 15 is 0 Å². The van der Waals surface area contributed by atoms with Gasteiger partial charge < -0.3 is 5.32 Å². The van der Waals surface area contributed by atoms with Crippen LogP contribution in [0.3, 0.4) is 0 Å². The van der Waals surface area contributed by atoms with Crippen molar-refractivity contribution < 1.29 is 0 Å². The van der Waals surface area contributed by atoms with E-state index in [9.17, 15) is 0 Å². The quantitative estimate of drug-likeness (QED) is 0.706. The van der Waals surface area contributed by atoms with Gasteiger partial charge in [0.1, 0.15) is 0 Å². The Morgan fingerprint density at radius 2 is 1.94 bits per heavy atom. The number of hydrogen-bond acceptors (Lipinski definition) is 2. The minimum atomic E-state index is 0.264. The summed E-state index contributed by atoms with van der Waals surface area (Å²) in [6, 6.07) is 11.1. The van der Waals surface area contributed by atoms with Crippen LogP contribution in [0.1, 0.15) is 21.4 Å². The van der Waals surface area contributed by atoms with Gasteiger partial charge in [0.05, 0.1) is 6.04 Å². The molecule has 0 saturated heterocycles. The van der Waals surface area contributed by atoms with Crippen LogP contribution in [0.15, 0.2) is 34.8 Å². The van der Waals surface area contributed by atoms with Crippen LogP contribution in [-0.4, -0.2) is 7.05 Å². The topological polar surface area (TPSA) is 12.0 Å². The van der Waals surface area contributed by atoms with Gasteiger partial charge in [-0.05, 0) is 76.3 Å². The molecule has 0 aliphatic heterocycles. The summed E-state index contributed by atoms with van der Waals surface area (Å²) < 4.78 is 2.46. The summed E-state index contributed by atoms with van der Waals surface area (Å²) in [7, 11) is 2.00. The molecule has 2 rings (SSSR count). The van der Waals surface area contributed by atoms with Crippen molar-refractivity contribution in [2.45, 2.75) is 13.0 Å². The second-order valence-electron chi connectivity index (χ2n) is 3.84. The van der Waals surface area contributed by atoms with Crippen LogP contribution in [0.2, 0.25) is 0 Å². The molecule has 4 heteroatoms. The van der Waals surface area contributed by atoms with E-state index in [1.165, 1.54) is 23.4 Å². The normalized spacial score (nSPS) is 12.7. The molecule has 0 saturated carbocycles. The predicted octanol–water partition coefficient (Wildman–Crippen LogP) is 4.73. The number of aryl methyl sites for hydroxylation is 1. The molecule has 0 fully saturated rings. The third-order valence-electron chi connectivity index (χ3n) is 2.59. The molecule has 2 aromatic rings. The average Bonchev–Trinajstić information content (AvgIpc) is 2.62. The fraction of sp³-hybridized carbons (Fsp3) is 0.231. The van der Waals surface area contributed by atoms with Crippen molar-refractivity contribution in [3.05, 3.63) is 53.7 Å². The van der Waals surface area contributed by atoms with Gasteiger partial charge in [-0.3, -0.25) is 0 Å². The van der Waals surface area contributed by atoms with Crippen molar-refractivity contribution in [3.63, 3.8) is 0 Å². The third kappa shape index (κ3) is 3.10. The molecule has 1 N–H and O–H groups in total. The fourth-order valence-corrected chi connectivity index (χ4v) is 4.18. The summed E-state index contributed by atoms with van der Waals surface area (Å²) in [4.78, 5) is 2.67. The zero-order valence-corrected chi connectivity index (χ0v) is 14.2. The van der Waals surface area contributed by atoms with Crippen LogP contribution >= 0.6 is 49.9 Å². The van der Waals surface area contributed by atoms with E-state index < -0.39 is 0 Å². The first-order valence-corrected chi connectivity index (χ1v) is 7.99. The van der Waals surface area contributed by atoms with Crippen molar-refractivity contribution in [2.24, 2.45) is 0 Å². The Balaban J connectivity index is 2.39. The molecular formula is C13H13BrINS. The lowest BCUT2D eigenvalue weighted by Crippen LogP contribution is -2.16. The molecule has 0 aliphatic carbocycles. The molecule has 17 heavy (non-hydrogen) atoms. The Bertz CT molecular complexity index is 507. The number of rotatable bonds is 3. The highest BCUT2D eigenvalue weighted by molar-refractivity contribution is 14.1. The molecule has 0 radical (unpaired) electrons. The van der Waals surface area contributed by atoms with E-state index in [1.807, 2.05) is 18.4 Å². The summed E-state index contributed by atoms with van der Waals surface area (Å²) in [6.07, 6.45) is 0. The Morgan fingerprint density at radius 1 is 1.29 bits per heavy atom. The van der Waals surface area contributed by atoms with E-state index in [0.717, 1.165) is 0 Å². The van der Waals surface area contributed by atoms with Gasteiger partial charge in [0, 0.05) is 17.8 Å². The number of halogens is 2. The number of thiophene rings is 1. The molecule has 0 aliphatic rings. The molecule has 0 amide bonds. The minimum Gasteiger partial charge on any atom is -0.309 e. The van der Waals surface area contributed by atoms with Crippen molar-refractivity contribution >= 4 is 49.9 Å². The molecule has 0 spiro atoms. The highest BCUT2D eigenvalue weighted by Crippen LogP contribution is 2.35. The van der Waals surface area contributed by atoms with Crippen LogP contribution in [0, 0.1) is 10.5 Å². The maximum atomic E-state index is 3.64. The molecule has 1 aromatic heterocycles. The van der Waals surface area contributed by atoms with Gasteiger partial charge in [-0.25, -0.2) is 0 Å². The lowest BCUT2D eigenvalue weighted by atomic mass is 10.1. The summed E-state index contributed by atoms with van der Waals surface area (Å²) in [5, 5.41) is 3.39. The van der Waals surface area contributed by atoms with Gasteiger partial charge in [-0.1, -0.05) is 12.1 Å². The Hall–Kier alpha value is 0.0900. The maximum Gasteiger partial charge on any atom is 0.0680 e. The Labute approximate surface area is 128 Å². The first kappa shape index (κ1) is 13.5. The summed E-state index contributed by atoms with van der Waals surface area (Å²) in [5.41, 5.74) is 1.30. The molecule has 1 aromatic carbocycles. The Kier molecular flexibility index (Phi) is 4.63. The summed E-state index contributed by atoms with van der Waals surface area (Å²) in [5.74, 6) is 0. The van der Waals surface area contributed by atoms with Crippen LogP contribution < -0.4 is 5.32 Å². The average molecular weight is 422 g/mol. The van der Waals surface area contributed by atoms with Crippen LogP contribution in [0.5, 0.6) is 0 Å². The van der Waals surface area contributed by atoms with E-state index in [0.29, 0.717) is 0 Å². The lowest BCUT2D eigenvalue weighted by Gasteiger charge is -2.16. The molecule has 1 nitrogen and oxygen atoms in total. The van der Waals surface area contributed by atoms with Crippen LogP contribution in [0.25, 0.3) is 0 Å². The third-order valence-corrected chi connectivity index (χ3v) is 5.34. The van der Waals surface area contributed by atoms with E-state index in [1.54, 1.807) is 0 Å². The SMILES string of the molecule is CNC(c1ccc(I)cc1)c1sc(C)cc1Br. The van der Waals surface area contributed by atoms with Crippen molar-refractivity contribution in [3.8, 4) is 0 Å². The molecular weight excluding hydrogens is 409 g/mol. The summed E-state index contributed by atoms with van der Waals surface area (Å²) >= 11 is 7.80. The lowest BCUT2D eigenvalue weighted by molar-refractivity contribution is 0.701. The highest BCUT2D eigenvalue weighted by Gasteiger charge is 2.17. The van der Waals surface area contributed by atoms with Crippen LogP contribution in [-0.2, 0) is 0 Å². The van der Waals surface area contributed by atoms with Gasteiger partial charge >= 0.3 is 0 Å². The predicted molar refractivity (Wildman–Crippen MR) is 86.8 cm³/mol. The highest BCUT2D eigenvalue weighted by atomic mass is 127. The standard InChI is InChI=1S/C13H13BrINS/c1-8-7-11(14)13(17-8)12(16-2)9-3-5-10(15)6-4-9/h3-7,12,16H,1-2H3. The van der Waals surface area contributed by atoms with E-state index in [2.05, 4.69) is 81.1 Å². The van der Waals surface area contributed by atoms with Gasteiger partial charge in [-0.15, -0.1) is 11.3 Å². The fourth-order valence-electron chi connectivity index (χ4n) is 1.80. The molecule has 0 bridgehead atoms. The minimum absolute atomic E-state index is 0.264. The molecule has 1 unspecified atom stereocenters. The van der Waals surface area contributed by atoms with Gasteiger partial charge in [0.2, 0.25) is 0 Å². The van der Waals surface area contributed by atoms with Crippen molar-refractivity contribution in [2.75, 3.05) is 7.05 Å². The largest absolute Gasteiger partial charge is 0.309 e. The number of nitrogens with one attached hydrogen (secondary N) is 1. The second-order valence-corrected chi connectivity index (χ2v) is 7.23. The van der Waals surface area contributed by atoms with Gasteiger partial charge in [-0.2, -0.15) is 0 Å². The van der Waals surface area contributed by atoms with Crippen LogP contribution in [0.4, 0.5) is 0 Å². The number of hydrogen-bond donors (Lipinski definition) is 1. The zero-order valence-electron chi connectivity index (χ0n) is 9.63.